The van der Waals surface area contributed by atoms with Crippen LogP contribution in [0.2, 0.25) is 0 Å². The van der Waals surface area contributed by atoms with Crippen molar-refractivity contribution in [3.05, 3.63) is 35.4 Å². The maximum Gasteiger partial charge on any atom is 0.168 e. The molecule has 0 atom stereocenters. The molecule has 0 amide bonds. The highest BCUT2D eigenvalue weighted by molar-refractivity contribution is 5.89. The number of hydrogen-bond acceptors (Lipinski definition) is 6. The van der Waals surface area contributed by atoms with Crippen molar-refractivity contribution in [2.45, 2.75) is 0 Å². The molecule has 0 fully saturated rings. The van der Waals surface area contributed by atoms with Crippen LogP contribution in [0, 0.1) is 0 Å². The zero-order valence-corrected chi connectivity index (χ0v) is 13.0. The van der Waals surface area contributed by atoms with Crippen LogP contribution in [0.25, 0.3) is 11.1 Å². The minimum absolute atomic E-state index is 0.141. The van der Waals surface area contributed by atoms with E-state index in [2.05, 4.69) is 0 Å². The van der Waals surface area contributed by atoms with E-state index in [0.717, 1.165) is 0 Å². The predicted octanol–water partition coefficient (Wildman–Crippen LogP) is 2.71. The first-order valence-electron chi connectivity index (χ1n) is 6.67. The summed E-state index contributed by atoms with van der Waals surface area (Å²) < 4.78 is 15.7. The Bertz CT molecular complexity index is 751. The molecule has 0 saturated carbocycles. The monoisotopic (exact) mass is 316 g/mol. The zero-order valence-electron chi connectivity index (χ0n) is 13.0. The lowest BCUT2D eigenvalue weighted by atomic mass is 9.98. The molecular weight excluding hydrogens is 300 g/mol. The number of phenolic OH excluding ortho intramolecular Hbond substituents is 1. The normalized spacial score (nSPS) is 10.0. The molecule has 0 spiro atoms. The summed E-state index contributed by atoms with van der Waals surface area (Å²) in [5, 5.41) is 10.4. The first-order valence-corrected chi connectivity index (χ1v) is 6.67. The van der Waals surface area contributed by atoms with Crippen molar-refractivity contribution in [3.8, 4) is 34.1 Å². The van der Waals surface area contributed by atoms with Crippen LogP contribution in [0.5, 0.6) is 23.0 Å². The minimum Gasteiger partial charge on any atom is -0.504 e. The van der Waals surface area contributed by atoms with Crippen LogP contribution in [-0.2, 0) is 0 Å². The van der Waals surface area contributed by atoms with E-state index in [0.29, 0.717) is 46.3 Å². The van der Waals surface area contributed by atoms with Crippen molar-refractivity contribution in [1.82, 2.24) is 0 Å². The van der Waals surface area contributed by atoms with Gasteiger partial charge in [-0.15, -0.1) is 0 Å². The molecule has 2 aromatic carbocycles. The average Bonchev–Trinajstić information content (AvgIpc) is 2.60. The van der Waals surface area contributed by atoms with Gasteiger partial charge in [0, 0.05) is 22.3 Å². The highest BCUT2D eigenvalue weighted by atomic mass is 16.5. The first-order chi connectivity index (χ1) is 11.1. The van der Waals surface area contributed by atoms with Crippen molar-refractivity contribution in [3.63, 3.8) is 0 Å². The van der Waals surface area contributed by atoms with Gasteiger partial charge in [0.2, 0.25) is 0 Å². The Hall–Kier alpha value is -3.02. The zero-order chi connectivity index (χ0) is 17.0. The summed E-state index contributed by atoms with van der Waals surface area (Å²) in [6, 6.07) is 5.96. The maximum atomic E-state index is 11.1. The summed E-state index contributed by atoms with van der Waals surface area (Å²) in [5.74, 6) is 0.643. The highest BCUT2D eigenvalue weighted by Gasteiger charge is 2.19. The molecule has 0 radical (unpaired) electrons. The molecule has 120 valence electrons. The van der Waals surface area contributed by atoms with Gasteiger partial charge in [0.1, 0.15) is 12.6 Å². The molecule has 0 bridgehead atoms. The second-order valence-corrected chi connectivity index (χ2v) is 4.66. The number of carbonyl (C=O) groups is 2. The smallest absolute Gasteiger partial charge is 0.168 e. The Balaban J connectivity index is 2.84. The minimum atomic E-state index is -0.165. The van der Waals surface area contributed by atoms with Gasteiger partial charge in [-0.25, -0.2) is 0 Å². The summed E-state index contributed by atoms with van der Waals surface area (Å²) in [4.78, 5) is 22.3. The fraction of sp³-hybridized carbons (Fsp3) is 0.176. The van der Waals surface area contributed by atoms with Crippen molar-refractivity contribution in [2.75, 3.05) is 21.3 Å². The van der Waals surface area contributed by atoms with E-state index in [1.165, 1.54) is 45.6 Å². The molecule has 2 aromatic rings. The largest absolute Gasteiger partial charge is 0.504 e. The summed E-state index contributed by atoms with van der Waals surface area (Å²) in [5.41, 5.74) is 1.36. The molecule has 0 aliphatic heterocycles. The third-order valence-electron chi connectivity index (χ3n) is 3.38. The molecule has 0 unspecified atom stereocenters. The van der Waals surface area contributed by atoms with Gasteiger partial charge < -0.3 is 19.3 Å². The van der Waals surface area contributed by atoms with E-state index in [1.807, 2.05) is 0 Å². The molecule has 6 nitrogen and oxygen atoms in total. The van der Waals surface area contributed by atoms with Crippen molar-refractivity contribution in [2.24, 2.45) is 0 Å². The fourth-order valence-electron chi connectivity index (χ4n) is 2.31. The van der Waals surface area contributed by atoms with Gasteiger partial charge in [0.05, 0.1) is 21.3 Å². The summed E-state index contributed by atoms with van der Waals surface area (Å²) in [6.07, 6.45) is 1.29. The second-order valence-electron chi connectivity index (χ2n) is 4.66. The number of hydrogen-bond donors (Lipinski definition) is 1. The molecule has 6 heteroatoms. The lowest BCUT2D eigenvalue weighted by Gasteiger charge is -2.16. The van der Waals surface area contributed by atoms with Crippen molar-refractivity contribution in [1.29, 1.82) is 0 Å². The number of carbonyl (C=O) groups excluding carboxylic acids is 2. The molecule has 0 aliphatic rings. The number of aromatic hydroxyl groups is 1. The van der Waals surface area contributed by atoms with Gasteiger partial charge >= 0.3 is 0 Å². The maximum absolute atomic E-state index is 11.1. The SMILES string of the molecule is COc1cc(C=O)cc(-c2cc(C=O)cc(OC)c2OC)c1O. The van der Waals surface area contributed by atoms with Gasteiger partial charge in [-0.2, -0.15) is 0 Å². The molecule has 0 heterocycles. The Morgan fingerprint density at radius 3 is 1.78 bits per heavy atom. The standard InChI is InChI=1S/C17H16O6/c1-21-14-6-10(8-18)4-12(16(14)20)13-5-11(9-19)7-15(22-2)17(13)23-3/h4-9,20H,1-3H3. The quantitative estimate of drug-likeness (QED) is 0.825. The number of phenols is 1. The van der Waals surface area contributed by atoms with E-state index in [1.54, 1.807) is 0 Å². The average molecular weight is 316 g/mol. The third-order valence-corrected chi connectivity index (χ3v) is 3.38. The topological polar surface area (TPSA) is 82.1 Å². The van der Waals surface area contributed by atoms with E-state index in [9.17, 15) is 14.7 Å². The van der Waals surface area contributed by atoms with Gasteiger partial charge in [-0.05, 0) is 24.3 Å². The summed E-state index contributed by atoms with van der Waals surface area (Å²) in [7, 11) is 4.27. The number of benzene rings is 2. The first kappa shape index (κ1) is 16.4. The van der Waals surface area contributed by atoms with Crippen molar-refractivity contribution < 1.29 is 28.9 Å². The van der Waals surface area contributed by atoms with Crippen LogP contribution in [0.3, 0.4) is 0 Å². The molecule has 0 aliphatic carbocycles. The van der Waals surface area contributed by atoms with Crippen molar-refractivity contribution >= 4 is 12.6 Å². The van der Waals surface area contributed by atoms with E-state index < -0.39 is 0 Å². The summed E-state index contributed by atoms with van der Waals surface area (Å²) >= 11 is 0. The number of methoxy groups -OCH3 is 3. The van der Waals surface area contributed by atoms with E-state index in [4.69, 9.17) is 14.2 Å². The lowest BCUT2D eigenvalue weighted by molar-refractivity contribution is 0.111. The molecule has 0 aromatic heterocycles. The fourth-order valence-corrected chi connectivity index (χ4v) is 2.31. The van der Waals surface area contributed by atoms with Gasteiger partial charge in [0.15, 0.2) is 23.0 Å². The number of ether oxygens (including phenoxy) is 3. The molecule has 2 rings (SSSR count). The van der Waals surface area contributed by atoms with Crippen LogP contribution < -0.4 is 14.2 Å². The van der Waals surface area contributed by atoms with Gasteiger partial charge in [0.25, 0.3) is 0 Å². The van der Waals surface area contributed by atoms with E-state index in [-0.39, 0.29) is 11.5 Å². The Morgan fingerprint density at radius 2 is 1.30 bits per heavy atom. The number of aldehydes is 2. The van der Waals surface area contributed by atoms with Crippen LogP contribution in [0.15, 0.2) is 24.3 Å². The third kappa shape index (κ3) is 2.96. The Labute approximate surface area is 133 Å². The van der Waals surface area contributed by atoms with Crippen LogP contribution >= 0.6 is 0 Å². The molecular formula is C17H16O6. The molecule has 0 saturated heterocycles. The molecule has 23 heavy (non-hydrogen) atoms. The van der Waals surface area contributed by atoms with Crippen LogP contribution in [0.1, 0.15) is 20.7 Å². The van der Waals surface area contributed by atoms with Gasteiger partial charge in [-0.1, -0.05) is 0 Å². The van der Waals surface area contributed by atoms with E-state index >= 15 is 0 Å². The number of rotatable bonds is 6. The van der Waals surface area contributed by atoms with Crippen LogP contribution in [-0.4, -0.2) is 39.0 Å². The lowest BCUT2D eigenvalue weighted by Crippen LogP contribution is -1.97. The summed E-state index contributed by atoms with van der Waals surface area (Å²) in [6.45, 7) is 0. The van der Waals surface area contributed by atoms with Gasteiger partial charge in [-0.3, -0.25) is 9.59 Å². The Morgan fingerprint density at radius 1 is 0.783 bits per heavy atom. The molecule has 1 N–H and O–H groups in total. The highest BCUT2D eigenvalue weighted by Crippen LogP contribution is 2.45. The Kier molecular flexibility index (Phi) is 4.85. The second kappa shape index (κ2) is 6.83. The predicted molar refractivity (Wildman–Crippen MR) is 84.0 cm³/mol. The van der Waals surface area contributed by atoms with Crippen LogP contribution in [0.4, 0.5) is 0 Å².